The Bertz CT molecular complexity index is 411. The lowest BCUT2D eigenvalue weighted by Gasteiger charge is -2.14. The second-order valence-electron chi connectivity index (χ2n) is 5.09. The van der Waals surface area contributed by atoms with Crippen LogP contribution in [0.4, 0.5) is 0 Å². The van der Waals surface area contributed by atoms with Crippen molar-refractivity contribution < 1.29 is 9.53 Å². The quantitative estimate of drug-likeness (QED) is 0.847. The Morgan fingerprint density at radius 1 is 1.37 bits per heavy atom. The van der Waals surface area contributed by atoms with Gasteiger partial charge in [0.15, 0.2) is 0 Å². The van der Waals surface area contributed by atoms with Gasteiger partial charge in [-0.2, -0.15) is 0 Å². The van der Waals surface area contributed by atoms with Crippen molar-refractivity contribution in [3.63, 3.8) is 0 Å². The summed E-state index contributed by atoms with van der Waals surface area (Å²) in [5, 5.41) is 2.56. The van der Waals surface area contributed by atoms with Crippen LogP contribution in [0.15, 0.2) is 24.3 Å². The summed E-state index contributed by atoms with van der Waals surface area (Å²) in [4.78, 5) is 11.4. The Hall–Kier alpha value is -1.55. The number of hydrogen-bond donors (Lipinski definition) is 2. The molecule has 0 heterocycles. The van der Waals surface area contributed by atoms with Crippen LogP contribution in [0.1, 0.15) is 31.2 Å². The molecule has 1 aromatic carbocycles. The summed E-state index contributed by atoms with van der Waals surface area (Å²) in [6, 6.07) is 7.39. The van der Waals surface area contributed by atoms with Gasteiger partial charge in [-0.25, -0.2) is 0 Å². The molecule has 0 unspecified atom stereocenters. The summed E-state index contributed by atoms with van der Waals surface area (Å²) in [5.41, 5.74) is 6.84. The van der Waals surface area contributed by atoms with Gasteiger partial charge in [0.2, 0.25) is 5.91 Å². The molecule has 1 aromatic rings. The molecule has 1 saturated carbocycles. The third-order valence-electron chi connectivity index (χ3n) is 3.57. The van der Waals surface area contributed by atoms with Crippen LogP contribution in [0.2, 0.25) is 0 Å². The molecule has 4 nitrogen and oxygen atoms in total. The molecule has 1 atom stereocenters. The van der Waals surface area contributed by atoms with E-state index in [2.05, 4.69) is 5.32 Å². The molecule has 0 bridgehead atoms. The molecule has 0 aromatic heterocycles. The highest BCUT2D eigenvalue weighted by atomic mass is 16.5. The number of amides is 1. The first-order valence-electron chi connectivity index (χ1n) is 6.92. The van der Waals surface area contributed by atoms with Crippen molar-refractivity contribution in [2.75, 3.05) is 7.05 Å². The molecule has 0 aliphatic heterocycles. The smallest absolute Gasteiger partial charge is 0.237 e. The minimum absolute atomic E-state index is 0.133. The summed E-state index contributed by atoms with van der Waals surface area (Å²) in [7, 11) is 1.60. The molecule has 0 spiro atoms. The van der Waals surface area contributed by atoms with E-state index in [1.807, 2.05) is 24.3 Å². The van der Waals surface area contributed by atoms with E-state index in [1.54, 1.807) is 7.05 Å². The van der Waals surface area contributed by atoms with E-state index < -0.39 is 6.04 Å². The van der Waals surface area contributed by atoms with Crippen molar-refractivity contribution >= 4 is 5.91 Å². The first kappa shape index (κ1) is 13.9. The summed E-state index contributed by atoms with van der Waals surface area (Å²) in [6.45, 7) is 0. The molecular weight excluding hydrogens is 240 g/mol. The SMILES string of the molecule is CNC(=O)[C@@H](N)Cc1ccc(OC2CCCC2)cc1. The van der Waals surface area contributed by atoms with Gasteiger partial charge in [0.25, 0.3) is 0 Å². The van der Waals surface area contributed by atoms with Crippen molar-refractivity contribution in [2.45, 2.75) is 44.2 Å². The maximum absolute atomic E-state index is 11.4. The van der Waals surface area contributed by atoms with E-state index in [9.17, 15) is 4.79 Å². The van der Waals surface area contributed by atoms with Gasteiger partial charge in [0, 0.05) is 7.05 Å². The van der Waals surface area contributed by atoms with Crippen molar-refractivity contribution in [3.8, 4) is 5.75 Å². The van der Waals surface area contributed by atoms with Gasteiger partial charge >= 0.3 is 0 Å². The number of carbonyl (C=O) groups excluding carboxylic acids is 1. The molecule has 3 N–H and O–H groups in total. The van der Waals surface area contributed by atoms with Crippen LogP contribution < -0.4 is 15.8 Å². The lowest BCUT2D eigenvalue weighted by molar-refractivity contribution is -0.121. The monoisotopic (exact) mass is 262 g/mol. The molecule has 19 heavy (non-hydrogen) atoms. The van der Waals surface area contributed by atoms with E-state index in [-0.39, 0.29) is 5.91 Å². The molecule has 1 aliphatic rings. The fourth-order valence-electron chi connectivity index (χ4n) is 2.43. The highest BCUT2D eigenvalue weighted by Gasteiger charge is 2.16. The molecule has 4 heteroatoms. The van der Waals surface area contributed by atoms with Crippen LogP contribution in [0.25, 0.3) is 0 Å². The Balaban J connectivity index is 1.88. The molecule has 1 amide bonds. The highest BCUT2D eigenvalue weighted by molar-refractivity contribution is 5.81. The normalized spacial score (nSPS) is 17.2. The number of hydrogen-bond acceptors (Lipinski definition) is 3. The molecule has 104 valence electrons. The minimum Gasteiger partial charge on any atom is -0.490 e. The number of likely N-dealkylation sites (N-methyl/N-ethyl adjacent to an activating group) is 1. The minimum atomic E-state index is -0.494. The van der Waals surface area contributed by atoms with Crippen LogP contribution in [0.3, 0.4) is 0 Å². The Labute approximate surface area is 114 Å². The summed E-state index contributed by atoms with van der Waals surface area (Å²) in [5.74, 6) is 0.774. The Morgan fingerprint density at radius 3 is 2.58 bits per heavy atom. The van der Waals surface area contributed by atoms with Crippen LogP contribution in [0, 0.1) is 0 Å². The summed E-state index contributed by atoms with van der Waals surface area (Å²) < 4.78 is 5.89. The lowest BCUT2D eigenvalue weighted by Crippen LogP contribution is -2.40. The fraction of sp³-hybridized carbons (Fsp3) is 0.533. The zero-order valence-corrected chi connectivity index (χ0v) is 11.4. The van der Waals surface area contributed by atoms with Gasteiger partial charge in [-0.15, -0.1) is 0 Å². The second-order valence-corrected chi connectivity index (χ2v) is 5.09. The standard InChI is InChI=1S/C15H22N2O2/c1-17-15(18)14(16)10-11-6-8-13(9-7-11)19-12-4-2-3-5-12/h6-9,12,14H,2-5,10,16H2,1H3,(H,17,18)/t14-/m0/s1. The molecule has 1 fully saturated rings. The maximum Gasteiger partial charge on any atom is 0.237 e. The van der Waals surface area contributed by atoms with Gasteiger partial charge in [0.1, 0.15) is 5.75 Å². The number of nitrogens with one attached hydrogen (secondary N) is 1. The zero-order chi connectivity index (χ0) is 13.7. The molecule has 0 radical (unpaired) electrons. The van der Waals surface area contributed by atoms with Gasteiger partial charge in [-0.05, 0) is 49.8 Å². The highest BCUT2D eigenvalue weighted by Crippen LogP contribution is 2.24. The predicted octanol–water partition coefficient (Wildman–Crippen LogP) is 1.62. The third kappa shape index (κ3) is 3.96. The number of benzene rings is 1. The van der Waals surface area contributed by atoms with Crippen molar-refractivity contribution in [3.05, 3.63) is 29.8 Å². The van der Waals surface area contributed by atoms with Gasteiger partial charge in [-0.1, -0.05) is 12.1 Å². The van der Waals surface area contributed by atoms with Crippen LogP contribution in [0.5, 0.6) is 5.75 Å². The van der Waals surface area contributed by atoms with E-state index in [0.29, 0.717) is 12.5 Å². The van der Waals surface area contributed by atoms with E-state index in [0.717, 1.165) is 24.2 Å². The average Bonchev–Trinajstić information content (AvgIpc) is 2.93. The first-order valence-corrected chi connectivity index (χ1v) is 6.92. The van der Waals surface area contributed by atoms with E-state index in [4.69, 9.17) is 10.5 Å². The van der Waals surface area contributed by atoms with Crippen LogP contribution in [-0.2, 0) is 11.2 Å². The number of nitrogens with two attached hydrogens (primary N) is 1. The summed E-state index contributed by atoms with van der Waals surface area (Å²) in [6.07, 6.45) is 5.77. The fourth-order valence-corrected chi connectivity index (χ4v) is 2.43. The first-order chi connectivity index (χ1) is 9.19. The van der Waals surface area contributed by atoms with E-state index in [1.165, 1.54) is 12.8 Å². The van der Waals surface area contributed by atoms with Crippen LogP contribution in [-0.4, -0.2) is 25.1 Å². The third-order valence-corrected chi connectivity index (χ3v) is 3.57. The average molecular weight is 262 g/mol. The number of rotatable bonds is 5. The molecule has 2 rings (SSSR count). The van der Waals surface area contributed by atoms with Gasteiger partial charge in [0.05, 0.1) is 12.1 Å². The largest absolute Gasteiger partial charge is 0.490 e. The van der Waals surface area contributed by atoms with E-state index >= 15 is 0 Å². The Kier molecular flexibility index (Phi) is 4.80. The lowest BCUT2D eigenvalue weighted by atomic mass is 10.1. The van der Waals surface area contributed by atoms with Crippen molar-refractivity contribution in [1.29, 1.82) is 0 Å². The molecular formula is C15H22N2O2. The topological polar surface area (TPSA) is 64.4 Å². The predicted molar refractivity (Wildman–Crippen MR) is 75.1 cm³/mol. The van der Waals surface area contributed by atoms with Crippen molar-refractivity contribution in [1.82, 2.24) is 5.32 Å². The maximum atomic E-state index is 11.4. The van der Waals surface area contributed by atoms with Gasteiger partial charge < -0.3 is 15.8 Å². The molecule has 0 saturated heterocycles. The zero-order valence-electron chi connectivity index (χ0n) is 11.4. The van der Waals surface area contributed by atoms with Gasteiger partial charge in [-0.3, -0.25) is 4.79 Å². The second kappa shape index (κ2) is 6.57. The van der Waals surface area contributed by atoms with Crippen molar-refractivity contribution in [2.24, 2.45) is 5.73 Å². The number of ether oxygens (including phenoxy) is 1. The Morgan fingerprint density at radius 2 is 2.00 bits per heavy atom. The molecule has 1 aliphatic carbocycles. The van der Waals surface area contributed by atoms with Crippen LogP contribution >= 0.6 is 0 Å². The number of carbonyl (C=O) groups is 1. The summed E-state index contributed by atoms with van der Waals surface area (Å²) >= 11 is 0.